The first-order valence-electron chi connectivity index (χ1n) is 12.9. The Morgan fingerprint density at radius 1 is 0.943 bits per heavy atom. The smallest absolute Gasteiger partial charge is 0.201 e. The minimum atomic E-state index is -2.00. The largest absolute Gasteiger partial charge is 0.417 e. The van der Waals surface area contributed by atoms with E-state index < -0.39 is 64.8 Å². The molecular formula is C27H44O7Si. The summed E-state index contributed by atoms with van der Waals surface area (Å²) in [5.41, 5.74) is -10.3. The van der Waals surface area contributed by atoms with Crippen molar-refractivity contribution >= 4 is 19.9 Å². The normalized spacial score (nSPS) is 46.1. The van der Waals surface area contributed by atoms with Crippen LogP contribution in [0.5, 0.6) is 0 Å². The molecule has 8 heteroatoms. The lowest BCUT2D eigenvalue weighted by Crippen LogP contribution is -2.63. The summed E-state index contributed by atoms with van der Waals surface area (Å²) < 4.78 is 19.1. The minimum absolute atomic E-state index is 0.0437. The topological polar surface area (TPSA) is 102 Å². The van der Waals surface area contributed by atoms with Gasteiger partial charge in [0, 0.05) is 6.61 Å². The van der Waals surface area contributed by atoms with Crippen LogP contribution in [0, 0.1) is 16.7 Å². The van der Waals surface area contributed by atoms with Crippen molar-refractivity contribution in [2.75, 3.05) is 6.61 Å². The van der Waals surface area contributed by atoms with Crippen molar-refractivity contribution in [3.8, 4) is 0 Å². The first-order chi connectivity index (χ1) is 15.6. The van der Waals surface area contributed by atoms with E-state index in [9.17, 15) is 19.8 Å². The van der Waals surface area contributed by atoms with E-state index in [1.165, 1.54) is 0 Å². The molecule has 1 saturated heterocycles. The molecule has 0 aromatic heterocycles. The van der Waals surface area contributed by atoms with Gasteiger partial charge < -0.3 is 24.1 Å². The number of Topliss-reactive ketones (excluding diaryl/α,β-unsaturated/α-hetero) is 2. The number of hydrogen-bond donors (Lipinski definition) is 2. The van der Waals surface area contributed by atoms with Gasteiger partial charge in [0.15, 0.2) is 25.3 Å². The van der Waals surface area contributed by atoms with Gasteiger partial charge in [-0.25, -0.2) is 0 Å². The molecule has 7 nitrogen and oxygen atoms in total. The lowest BCUT2D eigenvalue weighted by Gasteiger charge is -2.47. The average molecular weight is 509 g/mol. The Morgan fingerprint density at radius 3 is 1.89 bits per heavy atom. The van der Waals surface area contributed by atoms with Gasteiger partial charge >= 0.3 is 0 Å². The van der Waals surface area contributed by atoms with Crippen LogP contribution in [0.4, 0.5) is 0 Å². The lowest BCUT2D eigenvalue weighted by molar-refractivity contribution is -0.237. The summed E-state index contributed by atoms with van der Waals surface area (Å²) in [6.45, 7) is 21.5. The first-order valence-corrected chi connectivity index (χ1v) is 15.8. The number of hydrogen-bond acceptors (Lipinski definition) is 7. The van der Waals surface area contributed by atoms with E-state index in [4.69, 9.17) is 13.9 Å². The van der Waals surface area contributed by atoms with E-state index in [0.29, 0.717) is 13.0 Å². The van der Waals surface area contributed by atoms with Gasteiger partial charge in [0.05, 0.1) is 10.8 Å². The Labute approximate surface area is 210 Å². The van der Waals surface area contributed by atoms with E-state index in [0.717, 1.165) is 0 Å². The Balaban J connectivity index is 1.79. The van der Waals surface area contributed by atoms with Gasteiger partial charge in [-0.1, -0.05) is 46.8 Å². The van der Waals surface area contributed by atoms with E-state index in [1.54, 1.807) is 53.7 Å². The van der Waals surface area contributed by atoms with Gasteiger partial charge in [-0.3, -0.25) is 9.59 Å². The van der Waals surface area contributed by atoms with Gasteiger partial charge in [-0.15, -0.1) is 0 Å². The quantitative estimate of drug-likeness (QED) is 0.318. The van der Waals surface area contributed by atoms with Gasteiger partial charge in [-0.05, 0) is 64.6 Å². The number of rotatable bonds is 6. The van der Waals surface area contributed by atoms with E-state index in [2.05, 4.69) is 33.9 Å². The van der Waals surface area contributed by atoms with Crippen molar-refractivity contribution in [2.24, 2.45) is 16.7 Å². The fourth-order valence-electron chi connectivity index (χ4n) is 7.26. The second kappa shape index (κ2) is 6.94. The zero-order chi connectivity index (χ0) is 26.9. The second-order valence-corrected chi connectivity index (χ2v) is 18.7. The summed E-state index contributed by atoms with van der Waals surface area (Å²) >= 11 is 0. The molecule has 198 valence electrons. The standard InChI is InChI=1S/C27H44O7Si/c1-17(2)25(31)19(29)27-22(8)14-15-23(25,9)26(27,33-21(6,7)34-27)18(28)24(22,30)13-12-16-32-35(10,11)20(3,4)5/h14-15,17,30-31H,12-13,16H2,1-11H3/t22-,23-,24+,25+,26+,27+/m1/s1. The zero-order valence-electron chi connectivity index (χ0n) is 23.3. The Kier molecular flexibility index (Phi) is 5.38. The van der Waals surface area contributed by atoms with E-state index in [-0.39, 0.29) is 11.5 Å². The molecule has 3 aliphatic carbocycles. The van der Waals surface area contributed by atoms with Crippen LogP contribution in [-0.4, -0.2) is 64.9 Å². The highest BCUT2D eigenvalue weighted by Gasteiger charge is 3.00. The third-order valence-electron chi connectivity index (χ3n) is 10.3. The van der Waals surface area contributed by atoms with Gasteiger partial charge in [0.2, 0.25) is 11.6 Å². The maximum absolute atomic E-state index is 14.5. The highest BCUT2D eigenvalue weighted by molar-refractivity contribution is 6.74. The molecule has 0 spiro atoms. The Morgan fingerprint density at radius 2 is 1.43 bits per heavy atom. The predicted octanol–water partition coefficient (Wildman–Crippen LogP) is 3.91. The molecule has 6 atom stereocenters. The third kappa shape index (κ3) is 2.59. The summed E-state index contributed by atoms with van der Waals surface area (Å²) in [6, 6.07) is 0. The maximum atomic E-state index is 14.5. The van der Waals surface area contributed by atoms with Crippen LogP contribution in [-0.2, 0) is 23.5 Å². The van der Waals surface area contributed by atoms with E-state index >= 15 is 0 Å². The number of ether oxygens (including phenoxy) is 2. The van der Waals surface area contributed by atoms with Crippen molar-refractivity contribution in [2.45, 2.75) is 121 Å². The highest BCUT2D eigenvalue weighted by Crippen LogP contribution is 2.79. The summed E-state index contributed by atoms with van der Waals surface area (Å²) in [5.74, 6) is -2.91. The number of carbonyl (C=O) groups is 2. The number of carbonyl (C=O) groups excluding carboxylic acids is 2. The van der Waals surface area contributed by atoms with E-state index in [1.807, 2.05) is 0 Å². The summed E-state index contributed by atoms with van der Waals surface area (Å²) in [5, 5.41) is 24.1. The lowest BCUT2D eigenvalue weighted by atomic mass is 9.59. The molecule has 3 fully saturated rings. The molecule has 0 unspecified atom stereocenters. The molecule has 2 saturated carbocycles. The molecule has 0 aromatic carbocycles. The molecule has 0 amide bonds. The van der Waals surface area contributed by atoms with Crippen LogP contribution in [0.25, 0.3) is 0 Å². The molecule has 0 radical (unpaired) electrons. The van der Waals surface area contributed by atoms with Crippen LogP contribution in [0.2, 0.25) is 18.1 Å². The van der Waals surface area contributed by atoms with Crippen LogP contribution >= 0.6 is 0 Å². The summed E-state index contributed by atoms with van der Waals surface area (Å²) in [6.07, 6.45) is 3.99. The van der Waals surface area contributed by atoms with Crippen LogP contribution < -0.4 is 0 Å². The molecule has 1 heterocycles. The van der Waals surface area contributed by atoms with Crippen LogP contribution in [0.15, 0.2) is 12.2 Å². The Hall–Kier alpha value is -0.903. The van der Waals surface area contributed by atoms with Crippen molar-refractivity contribution in [3.05, 3.63) is 12.2 Å². The second-order valence-electron chi connectivity index (χ2n) is 13.9. The molecule has 4 rings (SSSR count). The van der Waals surface area contributed by atoms with Crippen molar-refractivity contribution in [1.82, 2.24) is 0 Å². The predicted molar refractivity (Wildman–Crippen MR) is 134 cm³/mol. The molecule has 4 bridgehead atoms. The molecule has 0 aromatic rings. The van der Waals surface area contributed by atoms with Crippen LogP contribution in [0.1, 0.15) is 75.2 Å². The molecule has 35 heavy (non-hydrogen) atoms. The SMILES string of the molecule is CC(C)[C@]1(O)C(=O)[C@@]23OC(C)(C)O[C@]24C(=O)[C@@](O)(CCCO[Si](C)(C)C(C)(C)C)[C@@]3(C)C=C[C@@]41C. The van der Waals surface area contributed by atoms with Crippen molar-refractivity contribution in [1.29, 1.82) is 0 Å². The Bertz CT molecular complexity index is 1000. The fourth-order valence-corrected chi connectivity index (χ4v) is 8.35. The summed E-state index contributed by atoms with van der Waals surface area (Å²) in [4.78, 5) is 28.8. The molecule has 2 N–H and O–H groups in total. The van der Waals surface area contributed by atoms with Crippen molar-refractivity contribution in [3.63, 3.8) is 0 Å². The van der Waals surface area contributed by atoms with Gasteiger partial charge in [0.1, 0.15) is 11.2 Å². The monoisotopic (exact) mass is 508 g/mol. The zero-order valence-corrected chi connectivity index (χ0v) is 24.3. The maximum Gasteiger partial charge on any atom is 0.201 e. The average Bonchev–Trinajstić information content (AvgIpc) is 3.07. The first kappa shape index (κ1) is 27.1. The molecular weight excluding hydrogens is 464 g/mol. The van der Waals surface area contributed by atoms with Gasteiger partial charge in [-0.2, -0.15) is 0 Å². The third-order valence-corrected chi connectivity index (χ3v) is 14.8. The summed E-state index contributed by atoms with van der Waals surface area (Å²) in [7, 11) is -2.00. The fraction of sp³-hybridized carbons (Fsp3) is 0.852. The minimum Gasteiger partial charge on any atom is -0.417 e. The number of aliphatic hydroxyl groups is 2. The molecule has 1 aliphatic heterocycles. The number of ketones is 2. The molecule has 4 aliphatic rings. The van der Waals surface area contributed by atoms with Gasteiger partial charge in [0.25, 0.3) is 0 Å². The van der Waals surface area contributed by atoms with Crippen LogP contribution in [0.3, 0.4) is 0 Å². The highest BCUT2D eigenvalue weighted by atomic mass is 28.4. The van der Waals surface area contributed by atoms with Crippen molar-refractivity contribution < 1.29 is 33.7 Å².